The smallest absolute Gasteiger partial charge is 0.125 e. The van der Waals surface area contributed by atoms with Gasteiger partial charge in [0.2, 0.25) is 0 Å². The molecular weight excluding hydrogens is 214 g/mol. The molecule has 0 bridgehead atoms. The van der Waals surface area contributed by atoms with Crippen LogP contribution in [0.15, 0.2) is 12.1 Å². The minimum absolute atomic E-state index is 0.0961. The van der Waals surface area contributed by atoms with Crippen LogP contribution < -0.4 is 10.5 Å². The monoisotopic (exact) mass is 237 g/mol. The second-order valence-electron chi connectivity index (χ2n) is 4.49. The van der Waals surface area contributed by atoms with Crippen LogP contribution >= 0.6 is 0 Å². The van der Waals surface area contributed by atoms with Crippen LogP contribution in [0.3, 0.4) is 0 Å². The highest BCUT2D eigenvalue weighted by molar-refractivity contribution is 5.42. The molecule has 0 fully saturated rings. The standard InChI is InChI=1S/C14H23NO2/c1-10-7-11(2)14(12(3)8-10)17-6-5-16-13(4)9-15/h7-8,13H,5-6,9,15H2,1-4H3. The van der Waals surface area contributed by atoms with Crippen LogP contribution in [0.5, 0.6) is 5.75 Å². The molecule has 3 heteroatoms. The van der Waals surface area contributed by atoms with Crippen molar-refractivity contribution in [3.63, 3.8) is 0 Å². The Bertz CT molecular complexity index is 340. The van der Waals surface area contributed by atoms with Crippen molar-refractivity contribution >= 4 is 0 Å². The normalized spacial score (nSPS) is 12.5. The molecule has 0 aliphatic carbocycles. The number of rotatable bonds is 6. The van der Waals surface area contributed by atoms with Crippen molar-refractivity contribution in [1.82, 2.24) is 0 Å². The van der Waals surface area contributed by atoms with Gasteiger partial charge in [-0.2, -0.15) is 0 Å². The van der Waals surface area contributed by atoms with Gasteiger partial charge in [-0.15, -0.1) is 0 Å². The third kappa shape index (κ3) is 4.36. The summed E-state index contributed by atoms with van der Waals surface area (Å²) in [6, 6.07) is 4.26. The third-order valence-corrected chi connectivity index (χ3v) is 2.67. The van der Waals surface area contributed by atoms with Gasteiger partial charge in [-0.3, -0.25) is 0 Å². The number of hydrogen-bond donors (Lipinski definition) is 1. The highest BCUT2D eigenvalue weighted by atomic mass is 16.5. The van der Waals surface area contributed by atoms with E-state index in [0.717, 1.165) is 5.75 Å². The zero-order valence-electron chi connectivity index (χ0n) is 11.2. The van der Waals surface area contributed by atoms with Gasteiger partial charge in [-0.25, -0.2) is 0 Å². The SMILES string of the molecule is Cc1cc(C)c(OCCOC(C)CN)c(C)c1. The van der Waals surface area contributed by atoms with Gasteiger partial charge >= 0.3 is 0 Å². The fourth-order valence-electron chi connectivity index (χ4n) is 1.86. The Labute approximate surface area is 104 Å². The molecule has 0 saturated heterocycles. The van der Waals surface area contributed by atoms with Crippen molar-refractivity contribution in [3.05, 3.63) is 28.8 Å². The van der Waals surface area contributed by atoms with Gasteiger partial charge in [0.25, 0.3) is 0 Å². The van der Waals surface area contributed by atoms with E-state index in [0.29, 0.717) is 19.8 Å². The average molecular weight is 237 g/mol. The van der Waals surface area contributed by atoms with E-state index in [4.69, 9.17) is 15.2 Å². The molecule has 17 heavy (non-hydrogen) atoms. The van der Waals surface area contributed by atoms with Crippen molar-refractivity contribution in [2.45, 2.75) is 33.8 Å². The predicted octanol–water partition coefficient (Wildman–Crippen LogP) is 2.35. The summed E-state index contributed by atoms with van der Waals surface area (Å²) in [7, 11) is 0. The fourth-order valence-corrected chi connectivity index (χ4v) is 1.86. The lowest BCUT2D eigenvalue weighted by atomic mass is 10.1. The number of hydrogen-bond acceptors (Lipinski definition) is 3. The molecule has 1 unspecified atom stereocenters. The molecule has 0 amide bonds. The maximum absolute atomic E-state index is 5.75. The number of benzene rings is 1. The predicted molar refractivity (Wildman–Crippen MR) is 70.6 cm³/mol. The molecular formula is C14H23NO2. The van der Waals surface area contributed by atoms with E-state index in [1.54, 1.807) is 0 Å². The first-order valence-electron chi connectivity index (χ1n) is 6.07. The largest absolute Gasteiger partial charge is 0.491 e. The van der Waals surface area contributed by atoms with Crippen LogP contribution in [0, 0.1) is 20.8 Å². The Morgan fingerprint density at radius 3 is 2.24 bits per heavy atom. The number of ether oxygens (including phenoxy) is 2. The molecule has 1 aromatic rings. The van der Waals surface area contributed by atoms with Crippen molar-refractivity contribution < 1.29 is 9.47 Å². The summed E-state index contributed by atoms with van der Waals surface area (Å²) in [4.78, 5) is 0. The Balaban J connectivity index is 2.47. The Morgan fingerprint density at radius 2 is 1.71 bits per heavy atom. The molecule has 2 N–H and O–H groups in total. The first-order chi connectivity index (χ1) is 8.04. The van der Waals surface area contributed by atoms with Gasteiger partial charge in [0.1, 0.15) is 12.4 Å². The van der Waals surface area contributed by atoms with Crippen molar-refractivity contribution in [1.29, 1.82) is 0 Å². The molecule has 0 spiro atoms. The van der Waals surface area contributed by atoms with Crippen LogP contribution in [0.4, 0.5) is 0 Å². The van der Waals surface area contributed by atoms with Crippen molar-refractivity contribution in [2.24, 2.45) is 5.73 Å². The molecule has 3 nitrogen and oxygen atoms in total. The van der Waals surface area contributed by atoms with Gasteiger partial charge in [0, 0.05) is 6.54 Å². The van der Waals surface area contributed by atoms with Crippen molar-refractivity contribution in [2.75, 3.05) is 19.8 Å². The lowest BCUT2D eigenvalue weighted by molar-refractivity contribution is 0.0494. The maximum Gasteiger partial charge on any atom is 0.125 e. The summed E-state index contributed by atoms with van der Waals surface area (Å²) >= 11 is 0. The molecule has 0 aliphatic heterocycles. The Hall–Kier alpha value is -1.06. The van der Waals surface area contributed by atoms with Crippen LogP contribution in [0.1, 0.15) is 23.6 Å². The summed E-state index contributed by atoms with van der Waals surface area (Å²) < 4.78 is 11.2. The van der Waals surface area contributed by atoms with Crippen LogP contribution in [-0.4, -0.2) is 25.9 Å². The highest BCUT2D eigenvalue weighted by Crippen LogP contribution is 2.24. The molecule has 1 aromatic carbocycles. The first kappa shape index (κ1) is 14.0. The Morgan fingerprint density at radius 1 is 1.12 bits per heavy atom. The summed E-state index contributed by atoms with van der Waals surface area (Å²) in [5, 5.41) is 0. The van der Waals surface area contributed by atoms with E-state index in [2.05, 4.69) is 32.9 Å². The van der Waals surface area contributed by atoms with E-state index in [1.165, 1.54) is 16.7 Å². The Kier molecular flexibility index (Phi) is 5.45. The van der Waals surface area contributed by atoms with E-state index in [-0.39, 0.29) is 6.10 Å². The van der Waals surface area contributed by atoms with Gasteiger partial charge in [-0.1, -0.05) is 17.7 Å². The molecule has 0 heterocycles. The van der Waals surface area contributed by atoms with Gasteiger partial charge in [0.05, 0.1) is 12.7 Å². The first-order valence-corrected chi connectivity index (χ1v) is 6.07. The molecule has 0 aromatic heterocycles. The molecule has 0 radical (unpaired) electrons. The van der Waals surface area contributed by atoms with Crippen LogP contribution in [0.2, 0.25) is 0 Å². The molecule has 96 valence electrons. The summed E-state index contributed by atoms with van der Waals surface area (Å²) in [5.74, 6) is 0.972. The minimum Gasteiger partial charge on any atom is -0.491 e. The number of aryl methyl sites for hydroxylation is 3. The maximum atomic E-state index is 5.75. The zero-order valence-corrected chi connectivity index (χ0v) is 11.2. The molecule has 1 rings (SSSR count). The van der Waals surface area contributed by atoms with Crippen LogP contribution in [0.25, 0.3) is 0 Å². The minimum atomic E-state index is 0.0961. The summed E-state index contributed by atoms with van der Waals surface area (Å²) in [6.07, 6.45) is 0.0961. The second kappa shape index (κ2) is 6.62. The third-order valence-electron chi connectivity index (χ3n) is 2.67. The van der Waals surface area contributed by atoms with Gasteiger partial charge in [-0.05, 0) is 38.8 Å². The molecule has 0 aliphatic rings. The van der Waals surface area contributed by atoms with Gasteiger partial charge < -0.3 is 15.2 Å². The van der Waals surface area contributed by atoms with E-state index < -0.39 is 0 Å². The zero-order chi connectivity index (χ0) is 12.8. The number of nitrogens with two attached hydrogens (primary N) is 1. The van der Waals surface area contributed by atoms with E-state index >= 15 is 0 Å². The highest BCUT2D eigenvalue weighted by Gasteiger charge is 2.05. The average Bonchev–Trinajstić information content (AvgIpc) is 2.26. The molecule has 0 saturated carbocycles. The summed E-state index contributed by atoms with van der Waals surface area (Å²) in [6.45, 7) is 9.87. The van der Waals surface area contributed by atoms with E-state index in [9.17, 15) is 0 Å². The van der Waals surface area contributed by atoms with Crippen molar-refractivity contribution in [3.8, 4) is 5.75 Å². The fraction of sp³-hybridized carbons (Fsp3) is 0.571. The summed E-state index contributed by atoms with van der Waals surface area (Å²) in [5.41, 5.74) is 9.08. The van der Waals surface area contributed by atoms with Crippen LogP contribution in [-0.2, 0) is 4.74 Å². The second-order valence-corrected chi connectivity index (χ2v) is 4.49. The molecule has 1 atom stereocenters. The van der Waals surface area contributed by atoms with E-state index in [1.807, 2.05) is 6.92 Å². The lowest BCUT2D eigenvalue weighted by Crippen LogP contribution is -2.22. The van der Waals surface area contributed by atoms with Gasteiger partial charge in [0.15, 0.2) is 0 Å². The lowest BCUT2D eigenvalue weighted by Gasteiger charge is -2.14. The quantitative estimate of drug-likeness (QED) is 0.772. The topological polar surface area (TPSA) is 44.5 Å².